The van der Waals surface area contributed by atoms with E-state index < -0.39 is 45.7 Å². The summed E-state index contributed by atoms with van der Waals surface area (Å²) >= 11 is 13.8. The van der Waals surface area contributed by atoms with Crippen molar-refractivity contribution in [2.45, 2.75) is 49.7 Å². The van der Waals surface area contributed by atoms with Gasteiger partial charge in [0.2, 0.25) is 0 Å². The molecule has 4 aliphatic rings. The summed E-state index contributed by atoms with van der Waals surface area (Å²) in [6.45, 7) is 2.90. The predicted molar refractivity (Wildman–Crippen MR) is 105 cm³/mol. The molecule has 5 nitrogen and oxygen atoms in total. The number of hydrogen-bond donors (Lipinski definition) is 3. The van der Waals surface area contributed by atoms with Gasteiger partial charge in [-0.15, -0.1) is 11.6 Å². The molecule has 7 atom stereocenters. The number of hydrogen-bond acceptors (Lipinski definition) is 5. The summed E-state index contributed by atoms with van der Waals surface area (Å²) in [5, 5.41) is 32.3. The van der Waals surface area contributed by atoms with Crippen LogP contribution >= 0.6 is 23.2 Å². The highest BCUT2D eigenvalue weighted by Gasteiger charge is 2.72. The zero-order valence-electron chi connectivity index (χ0n) is 15.8. The number of carbonyl (C=O) groups excluding carboxylic acids is 2. The van der Waals surface area contributed by atoms with Crippen molar-refractivity contribution in [1.82, 2.24) is 0 Å². The minimum Gasteiger partial charge on any atom is -0.391 e. The Hall–Kier alpha value is -0.980. The van der Waals surface area contributed by atoms with E-state index in [0.29, 0.717) is 17.0 Å². The smallest absolute Gasteiger partial charge is 0.190 e. The SMILES string of the molecule is C[C@]12C=CC(=O)C=C1C(Cl)=C[C@H]1[C@@H]3CC[C@](O)(C(=O)CO)[C@@]3(C)C[C@H](O)[C@@]12Cl. The third kappa shape index (κ3) is 2.15. The van der Waals surface area contributed by atoms with Crippen molar-refractivity contribution in [2.24, 2.45) is 22.7 Å². The molecule has 7 heteroatoms. The van der Waals surface area contributed by atoms with Crippen LogP contribution in [0, 0.1) is 22.7 Å². The first-order valence-electron chi connectivity index (χ1n) is 9.52. The number of alkyl halides is 1. The van der Waals surface area contributed by atoms with Gasteiger partial charge < -0.3 is 15.3 Å². The van der Waals surface area contributed by atoms with Crippen LogP contribution in [-0.4, -0.2) is 50.1 Å². The molecule has 0 amide bonds. The number of ketones is 2. The molecule has 0 saturated heterocycles. The number of aliphatic hydroxyl groups excluding tert-OH is 2. The number of Topliss-reactive ketones (excluding diaryl/α,β-unsaturated/α-hetero) is 1. The van der Waals surface area contributed by atoms with Gasteiger partial charge >= 0.3 is 0 Å². The van der Waals surface area contributed by atoms with Crippen LogP contribution in [0.5, 0.6) is 0 Å². The summed E-state index contributed by atoms with van der Waals surface area (Å²) < 4.78 is 0. The van der Waals surface area contributed by atoms with Crippen molar-refractivity contribution in [3.63, 3.8) is 0 Å². The second kappa shape index (κ2) is 6.02. The lowest BCUT2D eigenvalue weighted by atomic mass is 9.47. The maximum atomic E-state index is 12.4. The average Bonchev–Trinajstić information content (AvgIpc) is 2.91. The Morgan fingerprint density at radius 2 is 2.04 bits per heavy atom. The van der Waals surface area contributed by atoms with Gasteiger partial charge in [-0.25, -0.2) is 0 Å². The zero-order chi connectivity index (χ0) is 20.7. The number of carbonyl (C=O) groups is 2. The maximum Gasteiger partial charge on any atom is 0.190 e. The lowest BCUT2D eigenvalue weighted by molar-refractivity contribution is -0.169. The molecule has 4 rings (SSSR count). The highest BCUT2D eigenvalue weighted by Crippen LogP contribution is 2.70. The van der Waals surface area contributed by atoms with E-state index >= 15 is 0 Å². The third-order valence-electron chi connectivity index (χ3n) is 8.01. The van der Waals surface area contributed by atoms with E-state index in [0.717, 1.165) is 0 Å². The first kappa shape index (κ1) is 20.3. The van der Waals surface area contributed by atoms with E-state index in [2.05, 4.69) is 0 Å². The van der Waals surface area contributed by atoms with Crippen molar-refractivity contribution < 1.29 is 24.9 Å². The molecule has 0 radical (unpaired) electrons. The molecule has 0 aliphatic heterocycles. The molecule has 0 spiro atoms. The summed E-state index contributed by atoms with van der Waals surface area (Å²) in [4.78, 5) is 23.2. The largest absolute Gasteiger partial charge is 0.391 e. The van der Waals surface area contributed by atoms with Gasteiger partial charge in [-0.2, -0.15) is 0 Å². The van der Waals surface area contributed by atoms with Crippen molar-refractivity contribution in [3.8, 4) is 0 Å². The van der Waals surface area contributed by atoms with Crippen LogP contribution in [0.2, 0.25) is 0 Å². The summed E-state index contributed by atoms with van der Waals surface area (Å²) in [6, 6.07) is 0. The van der Waals surface area contributed by atoms with Gasteiger partial charge in [0.1, 0.15) is 12.2 Å². The van der Waals surface area contributed by atoms with E-state index in [1.165, 1.54) is 12.2 Å². The number of halogens is 2. The van der Waals surface area contributed by atoms with Gasteiger partial charge in [0.15, 0.2) is 11.6 Å². The lowest BCUT2D eigenvalue weighted by Crippen LogP contribution is -2.68. The summed E-state index contributed by atoms with van der Waals surface area (Å²) in [7, 11) is 0. The monoisotopic (exact) mass is 426 g/mol. The lowest BCUT2D eigenvalue weighted by Gasteiger charge is -2.62. The van der Waals surface area contributed by atoms with E-state index in [1.54, 1.807) is 19.1 Å². The van der Waals surface area contributed by atoms with Crippen LogP contribution in [0.4, 0.5) is 0 Å². The Morgan fingerprint density at radius 1 is 1.36 bits per heavy atom. The molecular formula is C21H24Cl2O5. The molecule has 4 aliphatic carbocycles. The zero-order valence-corrected chi connectivity index (χ0v) is 17.3. The second-order valence-electron chi connectivity index (χ2n) is 9.03. The molecule has 2 saturated carbocycles. The molecular weight excluding hydrogens is 403 g/mol. The van der Waals surface area contributed by atoms with Crippen LogP contribution in [-0.2, 0) is 9.59 Å². The van der Waals surface area contributed by atoms with Gasteiger partial charge in [0.25, 0.3) is 0 Å². The topological polar surface area (TPSA) is 94.8 Å². The molecule has 152 valence electrons. The van der Waals surface area contributed by atoms with Gasteiger partial charge in [0.05, 0.1) is 11.0 Å². The molecule has 0 bridgehead atoms. The van der Waals surface area contributed by atoms with E-state index in [9.17, 15) is 24.9 Å². The van der Waals surface area contributed by atoms with Crippen molar-refractivity contribution >= 4 is 34.8 Å². The molecule has 0 aromatic rings. The van der Waals surface area contributed by atoms with Crippen LogP contribution < -0.4 is 0 Å². The average molecular weight is 427 g/mol. The first-order chi connectivity index (χ1) is 13.0. The van der Waals surface area contributed by atoms with E-state index in [4.69, 9.17) is 23.2 Å². The summed E-state index contributed by atoms with van der Waals surface area (Å²) in [5.74, 6) is -1.45. The minimum atomic E-state index is -1.72. The molecule has 28 heavy (non-hydrogen) atoms. The van der Waals surface area contributed by atoms with E-state index in [-0.39, 0.29) is 24.5 Å². The van der Waals surface area contributed by atoms with Crippen LogP contribution in [0.3, 0.4) is 0 Å². The van der Waals surface area contributed by atoms with Crippen molar-refractivity contribution in [3.05, 3.63) is 34.9 Å². The molecule has 0 heterocycles. The minimum absolute atomic E-state index is 0.107. The highest BCUT2D eigenvalue weighted by molar-refractivity contribution is 6.34. The Bertz CT molecular complexity index is 863. The van der Waals surface area contributed by atoms with Gasteiger partial charge in [-0.3, -0.25) is 9.59 Å². The Balaban J connectivity index is 1.90. The Labute approximate surface area is 173 Å². The Kier molecular flexibility index (Phi) is 4.36. The van der Waals surface area contributed by atoms with Crippen LogP contribution in [0.25, 0.3) is 0 Å². The second-order valence-corrected chi connectivity index (χ2v) is 10.1. The normalized spacial score (nSPS) is 49.7. The van der Waals surface area contributed by atoms with Gasteiger partial charge in [-0.05, 0) is 42.9 Å². The highest BCUT2D eigenvalue weighted by atomic mass is 35.5. The molecule has 2 fully saturated rings. The first-order valence-corrected chi connectivity index (χ1v) is 10.3. The number of allylic oxidation sites excluding steroid dienone is 6. The standard InChI is InChI=1S/C21H24Cl2O5/c1-18-5-3-11(25)7-14(18)15(22)8-13-12-4-6-20(28,17(27)10-24)19(12,2)9-16(26)21(13,18)23/h3,5,7-8,12-13,16,24,26,28H,4,6,9-10H2,1-2H3/t12-,13-,16-,18-,19-,20-,21-/m0/s1. The number of rotatable bonds is 2. The molecule has 0 unspecified atom stereocenters. The van der Waals surface area contributed by atoms with Crippen molar-refractivity contribution in [2.75, 3.05) is 6.61 Å². The quantitative estimate of drug-likeness (QED) is 0.588. The summed E-state index contributed by atoms with van der Waals surface area (Å²) in [6.07, 6.45) is 6.15. The number of aliphatic hydroxyl groups is 3. The van der Waals surface area contributed by atoms with Gasteiger partial charge in [-0.1, -0.05) is 37.6 Å². The van der Waals surface area contributed by atoms with Crippen LogP contribution in [0.1, 0.15) is 33.1 Å². The van der Waals surface area contributed by atoms with E-state index in [1.807, 2.05) is 6.92 Å². The van der Waals surface area contributed by atoms with Crippen LogP contribution in [0.15, 0.2) is 34.9 Å². The third-order valence-corrected chi connectivity index (χ3v) is 9.24. The molecule has 0 aromatic carbocycles. The Morgan fingerprint density at radius 3 is 2.68 bits per heavy atom. The van der Waals surface area contributed by atoms with Crippen molar-refractivity contribution in [1.29, 1.82) is 0 Å². The maximum absolute atomic E-state index is 12.4. The summed E-state index contributed by atoms with van der Waals surface area (Å²) in [5.41, 5.74) is -2.97. The molecule has 3 N–H and O–H groups in total. The number of fused-ring (bicyclic) bond motifs is 5. The fourth-order valence-corrected chi connectivity index (χ4v) is 7.18. The molecule has 0 aromatic heterocycles. The van der Waals surface area contributed by atoms with Gasteiger partial charge in [0, 0.05) is 21.8 Å². The predicted octanol–water partition coefficient (Wildman–Crippen LogP) is 2.26. The fourth-order valence-electron chi connectivity index (χ4n) is 6.33. The fraction of sp³-hybridized carbons (Fsp3) is 0.619.